The summed E-state index contributed by atoms with van der Waals surface area (Å²) >= 11 is 5.99. The van der Waals surface area contributed by atoms with Gasteiger partial charge in [0.15, 0.2) is 0 Å². The van der Waals surface area contributed by atoms with Gasteiger partial charge in [-0.05, 0) is 29.2 Å². The molecule has 0 aliphatic heterocycles. The average molecular weight is 168 g/mol. The summed E-state index contributed by atoms with van der Waals surface area (Å²) in [4.78, 5) is 0. The number of hydrogen-bond acceptors (Lipinski definition) is 0. The van der Waals surface area contributed by atoms with Gasteiger partial charge < -0.3 is 0 Å². The minimum Gasteiger partial charge on any atom is -0.0840 e. The maximum Gasteiger partial charge on any atom is 0.0443 e. The molecule has 0 N–H and O–H groups in total. The summed E-state index contributed by atoms with van der Waals surface area (Å²) in [5, 5.41) is 0.830. The average Bonchev–Trinajstić information content (AvgIpc) is 1.86. The quantitative estimate of drug-likeness (QED) is 0.556. The van der Waals surface area contributed by atoms with E-state index < -0.39 is 0 Å². The third-order valence-electron chi connectivity index (χ3n) is 1.62. The molecular formula is C10H12Cl. The molecule has 0 nitrogen and oxygen atoms in total. The van der Waals surface area contributed by atoms with Crippen molar-refractivity contribution in [2.24, 2.45) is 0 Å². The van der Waals surface area contributed by atoms with Crippen LogP contribution < -0.4 is 0 Å². The van der Waals surface area contributed by atoms with Crippen LogP contribution in [0.15, 0.2) is 18.2 Å². The fourth-order valence-electron chi connectivity index (χ4n) is 0.986. The van der Waals surface area contributed by atoms with E-state index in [9.17, 15) is 0 Å². The molecule has 0 saturated heterocycles. The Morgan fingerprint density at radius 1 is 1.36 bits per heavy atom. The van der Waals surface area contributed by atoms with Gasteiger partial charge >= 0.3 is 0 Å². The molecule has 1 rings (SSSR count). The van der Waals surface area contributed by atoms with Crippen molar-refractivity contribution in [2.45, 2.75) is 26.2 Å². The molecule has 1 radical (unpaired) electrons. The van der Waals surface area contributed by atoms with Gasteiger partial charge in [0.25, 0.3) is 0 Å². The molecule has 0 atom stereocenters. The number of benzene rings is 1. The van der Waals surface area contributed by atoms with Gasteiger partial charge in [-0.1, -0.05) is 38.4 Å². The van der Waals surface area contributed by atoms with Crippen molar-refractivity contribution < 1.29 is 0 Å². The van der Waals surface area contributed by atoms with E-state index in [4.69, 9.17) is 11.6 Å². The van der Waals surface area contributed by atoms with Gasteiger partial charge in [0, 0.05) is 5.02 Å². The minimum absolute atomic E-state index is 0.120. The molecule has 1 aromatic carbocycles. The summed E-state index contributed by atoms with van der Waals surface area (Å²) in [7, 11) is 0. The highest BCUT2D eigenvalue weighted by molar-refractivity contribution is 6.31. The molecule has 0 unspecified atom stereocenters. The van der Waals surface area contributed by atoms with Crippen LogP contribution in [0.3, 0.4) is 0 Å². The van der Waals surface area contributed by atoms with E-state index in [0.29, 0.717) is 0 Å². The van der Waals surface area contributed by atoms with Crippen molar-refractivity contribution in [3.8, 4) is 0 Å². The second-order valence-electron chi connectivity index (χ2n) is 3.66. The van der Waals surface area contributed by atoms with Gasteiger partial charge in [-0.25, -0.2) is 0 Å². The van der Waals surface area contributed by atoms with Crippen molar-refractivity contribution in [2.75, 3.05) is 0 Å². The zero-order valence-corrected chi connectivity index (χ0v) is 7.87. The predicted molar refractivity (Wildman–Crippen MR) is 49.0 cm³/mol. The van der Waals surface area contributed by atoms with Gasteiger partial charge in [0.1, 0.15) is 0 Å². The normalized spacial score (nSPS) is 11.6. The summed E-state index contributed by atoms with van der Waals surface area (Å²) in [5.74, 6) is 0. The van der Waals surface area contributed by atoms with E-state index in [1.165, 1.54) is 0 Å². The first-order valence-corrected chi connectivity index (χ1v) is 4.05. The smallest absolute Gasteiger partial charge is 0.0443 e. The Bertz CT molecular complexity index is 245. The highest BCUT2D eigenvalue weighted by Crippen LogP contribution is 2.28. The third-order valence-corrected chi connectivity index (χ3v) is 1.95. The Hall–Kier alpha value is -0.490. The maximum absolute atomic E-state index is 5.99. The lowest BCUT2D eigenvalue weighted by molar-refractivity contribution is 0.590. The topological polar surface area (TPSA) is 0 Å². The lowest BCUT2D eigenvalue weighted by Gasteiger charge is -2.19. The van der Waals surface area contributed by atoms with Gasteiger partial charge in [0.05, 0.1) is 0 Å². The molecule has 0 aliphatic carbocycles. The van der Waals surface area contributed by atoms with E-state index >= 15 is 0 Å². The van der Waals surface area contributed by atoms with E-state index in [0.717, 1.165) is 10.6 Å². The minimum atomic E-state index is 0.120. The second-order valence-corrected chi connectivity index (χ2v) is 4.06. The molecule has 1 aromatic rings. The molecule has 11 heavy (non-hydrogen) atoms. The van der Waals surface area contributed by atoms with Crippen molar-refractivity contribution >= 4 is 11.6 Å². The summed E-state index contributed by atoms with van der Waals surface area (Å²) in [5.41, 5.74) is 1.27. The number of hydrogen-bond donors (Lipinski definition) is 0. The lowest BCUT2D eigenvalue weighted by atomic mass is 9.87. The summed E-state index contributed by atoms with van der Waals surface area (Å²) < 4.78 is 0. The van der Waals surface area contributed by atoms with Crippen LogP contribution in [0, 0.1) is 6.07 Å². The molecule has 59 valence electrons. The van der Waals surface area contributed by atoms with Crippen LogP contribution in [0.2, 0.25) is 5.02 Å². The van der Waals surface area contributed by atoms with E-state index in [1.54, 1.807) is 0 Å². The van der Waals surface area contributed by atoms with Crippen LogP contribution in [-0.2, 0) is 5.41 Å². The van der Waals surface area contributed by atoms with Crippen LogP contribution in [0.1, 0.15) is 26.3 Å². The summed E-state index contributed by atoms with van der Waals surface area (Å²) in [6.07, 6.45) is 0. The summed E-state index contributed by atoms with van der Waals surface area (Å²) in [6.45, 7) is 6.42. The van der Waals surface area contributed by atoms with E-state index in [-0.39, 0.29) is 5.41 Å². The Labute approximate surface area is 73.2 Å². The molecule has 0 aromatic heterocycles. The zero-order valence-electron chi connectivity index (χ0n) is 7.11. The Balaban J connectivity index is 3.14. The lowest BCUT2D eigenvalue weighted by Crippen LogP contribution is -2.11. The van der Waals surface area contributed by atoms with Crippen LogP contribution >= 0.6 is 11.6 Å². The van der Waals surface area contributed by atoms with Crippen LogP contribution in [0.5, 0.6) is 0 Å². The van der Waals surface area contributed by atoms with E-state index in [2.05, 4.69) is 26.8 Å². The van der Waals surface area contributed by atoms with Crippen molar-refractivity contribution in [1.29, 1.82) is 0 Å². The van der Waals surface area contributed by atoms with Gasteiger partial charge in [-0.15, -0.1) is 0 Å². The Morgan fingerprint density at radius 3 is 2.36 bits per heavy atom. The molecular weight excluding hydrogens is 156 g/mol. The van der Waals surface area contributed by atoms with Crippen LogP contribution in [-0.4, -0.2) is 0 Å². The molecule has 0 heterocycles. The third kappa shape index (κ3) is 1.97. The fraction of sp³-hybridized carbons (Fsp3) is 0.400. The Morgan fingerprint density at radius 2 is 2.00 bits per heavy atom. The maximum atomic E-state index is 5.99. The van der Waals surface area contributed by atoms with Gasteiger partial charge in [-0.2, -0.15) is 0 Å². The molecule has 0 aliphatic rings. The largest absolute Gasteiger partial charge is 0.0840 e. The molecule has 0 spiro atoms. The van der Waals surface area contributed by atoms with Gasteiger partial charge in [-0.3, -0.25) is 0 Å². The molecule has 0 fully saturated rings. The first kappa shape index (κ1) is 8.61. The standard InChI is InChI=1S/C10H12Cl/c1-10(2,3)8-6-4-5-7-9(8)11/h5-7H,1-3H3. The van der Waals surface area contributed by atoms with Crippen molar-refractivity contribution in [3.05, 3.63) is 34.9 Å². The van der Waals surface area contributed by atoms with Gasteiger partial charge in [0.2, 0.25) is 0 Å². The van der Waals surface area contributed by atoms with Crippen molar-refractivity contribution in [3.63, 3.8) is 0 Å². The summed E-state index contributed by atoms with van der Waals surface area (Å²) in [6, 6.07) is 8.68. The SMILES string of the molecule is CC(C)(C)c1c[c]ccc1Cl. The van der Waals surface area contributed by atoms with Crippen LogP contribution in [0.25, 0.3) is 0 Å². The predicted octanol–water partition coefficient (Wildman–Crippen LogP) is 3.44. The molecule has 0 bridgehead atoms. The monoisotopic (exact) mass is 167 g/mol. The Kier molecular flexibility index (Phi) is 2.24. The van der Waals surface area contributed by atoms with Crippen molar-refractivity contribution in [1.82, 2.24) is 0 Å². The highest BCUT2D eigenvalue weighted by Gasteiger charge is 2.15. The molecule has 1 heteroatoms. The molecule has 0 amide bonds. The van der Waals surface area contributed by atoms with Crippen LogP contribution in [0.4, 0.5) is 0 Å². The first-order valence-electron chi connectivity index (χ1n) is 3.68. The molecule has 0 saturated carbocycles. The fourth-order valence-corrected chi connectivity index (χ4v) is 1.39. The highest BCUT2D eigenvalue weighted by atomic mass is 35.5. The number of rotatable bonds is 0. The number of halogens is 1. The zero-order chi connectivity index (χ0) is 8.48. The van der Waals surface area contributed by atoms with E-state index in [1.807, 2.05) is 18.2 Å². The second kappa shape index (κ2) is 2.86. The first-order chi connectivity index (χ1) is 5.02.